The van der Waals surface area contributed by atoms with Gasteiger partial charge in [-0.2, -0.15) is 0 Å². The van der Waals surface area contributed by atoms with E-state index >= 15 is 0 Å². The number of carbonyl (C=O) groups excluding carboxylic acids is 1. The summed E-state index contributed by atoms with van der Waals surface area (Å²) in [4.78, 5) is 27.5. The highest BCUT2D eigenvalue weighted by Gasteiger charge is 2.32. The summed E-state index contributed by atoms with van der Waals surface area (Å²) in [5.74, 6) is -0.537. The van der Waals surface area contributed by atoms with Gasteiger partial charge in [-0.15, -0.1) is 0 Å². The molecule has 6 heteroatoms. The maximum atomic E-state index is 12.1. The third kappa shape index (κ3) is 4.70. The van der Waals surface area contributed by atoms with E-state index in [9.17, 15) is 14.7 Å². The summed E-state index contributed by atoms with van der Waals surface area (Å²) in [6.07, 6.45) is 1.94. The first-order valence-corrected chi connectivity index (χ1v) is 8.29. The summed E-state index contributed by atoms with van der Waals surface area (Å²) in [7, 11) is 2.02. The van der Waals surface area contributed by atoms with E-state index in [4.69, 9.17) is 4.74 Å². The number of hydrogen-bond donors (Lipinski definition) is 1. The second-order valence-electron chi connectivity index (χ2n) is 7.54. The van der Waals surface area contributed by atoms with Crippen LogP contribution >= 0.6 is 0 Å². The number of hydrogen-bond acceptors (Lipinski definition) is 4. The Labute approximate surface area is 138 Å². The lowest BCUT2D eigenvalue weighted by atomic mass is 9.83. The van der Waals surface area contributed by atoms with Crippen LogP contribution in [0, 0.1) is 5.92 Å². The number of likely N-dealkylation sites (tertiary alicyclic amines) is 1. The van der Waals surface area contributed by atoms with Crippen LogP contribution in [0.2, 0.25) is 0 Å². The van der Waals surface area contributed by atoms with Crippen LogP contribution in [0.4, 0.5) is 4.79 Å². The highest BCUT2D eigenvalue weighted by atomic mass is 16.6. The van der Waals surface area contributed by atoms with Crippen molar-refractivity contribution in [3.05, 3.63) is 11.1 Å². The van der Waals surface area contributed by atoms with E-state index < -0.39 is 11.6 Å². The Balaban J connectivity index is 2.00. The van der Waals surface area contributed by atoms with Gasteiger partial charge in [0, 0.05) is 31.8 Å². The molecular weight excluding hydrogens is 296 g/mol. The molecule has 0 radical (unpaired) electrons. The number of carboxylic acids is 1. The molecule has 0 spiro atoms. The van der Waals surface area contributed by atoms with E-state index in [-0.39, 0.29) is 12.0 Å². The number of amides is 1. The van der Waals surface area contributed by atoms with E-state index in [1.165, 1.54) is 0 Å². The van der Waals surface area contributed by atoms with Gasteiger partial charge >= 0.3 is 12.1 Å². The third-order valence-electron chi connectivity index (χ3n) is 4.47. The largest absolute Gasteiger partial charge is 0.478 e. The molecule has 1 saturated heterocycles. The second-order valence-corrected chi connectivity index (χ2v) is 7.54. The van der Waals surface area contributed by atoms with Crippen molar-refractivity contribution in [1.29, 1.82) is 0 Å². The second kappa shape index (κ2) is 6.91. The van der Waals surface area contributed by atoms with Gasteiger partial charge in [0.1, 0.15) is 5.60 Å². The first-order chi connectivity index (χ1) is 10.7. The molecular formula is C17H28N2O4. The van der Waals surface area contributed by atoms with Gasteiger partial charge in [-0.05, 0) is 58.6 Å². The first kappa shape index (κ1) is 17.8. The summed E-state index contributed by atoms with van der Waals surface area (Å²) in [5.41, 5.74) is 1.15. The van der Waals surface area contributed by atoms with Crippen LogP contribution in [0.5, 0.6) is 0 Å². The molecule has 2 rings (SSSR count). The lowest BCUT2D eigenvalue weighted by Crippen LogP contribution is -2.43. The summed E-state index contributed by atoms with van der Waals surface area (Å²) in [6.45, 7) is 8.35. The summed E-state index contributed by atoms with van der Waals surface area (Å²) in [6, 6.07) is 0. The van der Waals surface area contributed by atoms with Crippen molar-refractivity contribution in [2.75, 3.05) is 33.2 Å². The van der Waals surface area contributed by atoms with E-state index in [0.29, 0.717) is 25.1 Å². The van der Waals surface area contributed by atoms with Gasteiger partial charge in [0.2, 0.25) is 0 Å². The molecule has 0 atom stereocenters. The van der Waals surface area contributed by atoms with Crippen molar-refractivity contribution in [3.8, 4) is 0 Å². The van der Waals surface area contributed by atoms with Crippen LogP contribution < -0.4 is 0 Å². The molecule has 0 aromatic carbocycles. The molecule has 0 aromatic rings. The van der Waals surface area contributed by atoms with Crippen LogP contribution in [0.3, 0.4) is 0 Å². The van der Waals surface area contributed by atoms with Crippen molar-refractivity contribution in [2.24, 2.45) is 5.92 Å². The Morgan fingerprint density at radius 2 is 1.78 bits per heavy atom. The standard InChI is InChI=1S/C17H28N2O4/c1-17(2,3)23-16(22)19-9-5-12(6-10-19)14-11-18(4)8-7-13(14)15(20)21/h12H,5-11H2,1-4H3,(H,20,21). The fraction of sp³-hybridized carbons (Fsp3) is 0.765. The van der Waals surface area contributed by atoms with Gasteiger partial charge in [-0.1, -0.05) is 0 Å². The van der Waals surface area contributed by atoms with Crippen molar-refractivity contribution >= 4 is 12.1 Å². The maximum absolute atomic E-state index is 12.1. The molecule has 1 fully saturated rings. The Bertz CT molecular complexity index is 499. The Hall–Kier alpha value is -1.56. The summed E-state index contributed by atoms with van der Waals surface area (Å²) in [5, 5.41) is 9.43. The predicted octanol–water partition coefficient (Wildman–Crippen LogP) is 2.35. The number of ether oxygens (including phenoxy) is 1. The van der Waals surface area contributed by atoms with Crippen LogP contribution in [0.1, 0.15) is 40.0 Å². The van der Waals surface area contributed by atoms with E-state index in [0.717, 1.165) is 31.5 Å². The number of rotatable bonds is 2. The number of carbonyl (C=O) groups is 2. The van der Waals surface area contributed by atoms with Gasteiger partial charge in [0.05, 0.1) is 0 Å². The predicted molar refractivity (Wildman–Crippen MR) is 87.3 cm³/mol. The molecule has 0 aromatic heterocycles. The summed E-state index contributed by atoms with van der Waals surface area (Å²) < 4.78 is 5.41. The zero-order chi connectivity index (χ0) is 17.2. The number of likely N-dealkylation sites (N-methyl/N-ethyl adjacent to an activating group) is 1. The highest BCUT2D eigenvalue weighted by Crippen LogP contribution is 2.31. The van der Waals surface area contributed by atoms with Crippen molar-refractivity contribution in [2.45, 2.75) is 45.6 Å². The number of carboxylic acid groups (broad SMARTS) is 1. The highest BCUT2D eigenvalue weighted by molar-refractivity contribution is 5.88. The zero-order valence-electron chi connectivity index (χ0n) is 14.6. The molecule has 2 heterocycles. The maximum Gasteiger partial charge on any atom is 0.410 e. The van der Waals surface area contributed by atoms with E-state index in [2.05, 4.69) is 4.90 Å². The van der Waals surface area contributed by atoms with E-state index in [1.807, 2.05) is 27.8 Å². The minimum atomic E-state index is -0.789. The molecule has 0 saturated carbocycles. The zero-order valence-corrected chi connectivity index (χ0v) is 14.6. The molecule has 2 aliphatic rings. The average molecular weight is 324 g/mol. The molecule has 23 heavy (non-hydrogen) atoms. The van der Waals surface area contributed by atoms with Gasteiger partial charge in [0.25, 0.3) is 0 Å². The Morgan fingerprint density at radius 1 is 1.17 bits per heavy atom. The normalized spacial score (nSPS) is 21.5. The van der Waals surface area contributed by atoms with E-state index in [1.54, 1.807) is 4.90 Å². The molecule has 6 nitrogen and oxygen atoms in total. The Kier molecular flexibility index (Phi) is 5.34. The topological polar surface area (TPSA) is 70.1 Å². The van der Waals surface area contributed by atoms with Crippen LogP contribution in [-0.2, 0) is 9.53 Å². The third-order valence-corrected chi connectivity index (χ3v) is 4.47. The quantitative estimate of drug-likeness (QED) is 0.844. The molecule has 2 aliphatic heterocycles. The van der Waals surface area contributed by atoms with Crippen LogP contribution in [-0.4, -0.2) is 65.8 Å². The number of nitrogens with zero attached hydrogens (tertiary/aromatic N) is 2. The van der Waals surface area contributed by atoms with Gasteiger partial charge < -0.3 is 19.6 Å². The molecule has 0 aliphatic carbocycles. The average Bonchev–Trinajstić information content (AvgIpc) is 2.45. The SMILES string of the molecule is CN1CCC(C(=O)O)=C(C2CCN(C(=O)OC(C)(C)C)CC2)C1. The molecule has 1 amide bonds. The van der Waals surface area contributed by atoms with Gasteiger partial charge in [0.15, 0.2) is 0 Å². The first-order valence-electron chi connectivity index (χ1n) is 8.29. The minimum Gasteiger partial charge on any atom is -0.478 e. The number of aliphatic carboxylic acids is 1. The minimum absolute atomic E-state index is 0.252. The molecule has 130 valence electrons. The van der Waals surface area contributed by atoms with Gasteiger partial charge in [-0.25, -0.2) is 9.59 Å². The van der Waals surface area contributed by atoms with Crippen molar-refractivity contribution < 1.29 is 19.4 Å². The fourth-order valence-electron chi connectivity index (χ4n) is 3.29. The lowest BCUT2D eigenvalue weighted by molar-refractivity contribution is -0.133. The lowest BCUT2D eigenvalue weighted by Gasteiger charge is -2.37. The Morgan fingerprint density at radius 3 is 2.30 bits per heavy atom. The van der Waals surface area contributed by atoms with Crippen molar-refractivity contribution in [1.82, 2.24) is 9.80 Å². The summed E-state index contributed by atoms with van der Waals surface area (Å²) >= 11 is 0. The smallest absolute Gasteiger partial charge is 0.410 e. The molecule has 0 unspecified atom stereocenters. The molecule has 0 bridgehead atoms. The number of piperidine rings is 1. The monoisotopic (exact) mass is 324 g/mol. The molecule has 1 N–H and O–H groups in total. The fourth-order valence-corrected chi connectivity index (χ4v) is 3.29. The van der Waals surface area contributed by atoms with Crippen LogP contribution in [0.15, 0.2) is 11.1 Å². The van der Waals surface area contributed by atoms with Crippen LogP contribution in [0.25, 0.3) is 0 Å². The van der Waals surface area contributed by atoms with Gasteiger partial charge in [-0.3, -0.25) is 0 Å². The van der Waals surface area contributed by atoms with Crippen molar-refractivity contribution in [3.63, 3.8) is 0 Å².